The van der Waals surface area contributed by atoms with Crippen molar-refractivity contribution in [2.75, 3.05) is 0 Å². The third-order valence-corrected chi connectivity index (χ3v) is 3.00. The van der Waals surface area contributed by atoms with Gasteiger partial charge in [-0.3, -0.25) is 0 Å². The van der Waals surface area contributed by atoms with Gasteiger partial charge in [0.2, 0.25) is 0 Å². The SMILES string of the molecule is CCCn1ccnc1C(O)c1cccc(OC(C)C)c1. The van der Waals surface area contributed by atoms with Gasteiger partial charge in [-0.25, -0.2) is 4.98 Å². The molecule has 0 saturated heterocycles. The molecular weight excluding hydrogens is 252 g/mol. The van der Waals surface area contributed by atoms with E-state index in [2.05, 4.69) is 11.9 Å². The summed E-state index contributed by atoms with van der Waals surface area (Å²) in [4.78, 5) is 4.27. The minimum atomic E-state index is -0.729. The van der Waals surface area contributed by atoms with Gasteiger partial charge in [-0.15, -0.1) is 0 Å². The van der Waals surface area contributed by atoms with Crippen molar-refractivity contribution < 1.29 is 9.84 Å². The van der Waals surface area contributed by atoms with Crippen molar-refractivity contribution in [3.63, 3.8) is 0 Å². The third kappa shape index (κ3) is 3.39. The van der Waals surface area contributed by atoms with Gasteiger partial charge in [-0.05, 0) is 38.0 Å². The van der Waals surface area contributed by atoms with Crippen LogP contribution in [0.4, 0.5) is 0 Å². The minimum absolute atomic E-state index is 0.115. The van der Waals surface area contributed by atoms with Gasteiger partial charge < -0.3 is 14.4 Å². The van der Waals surface area contributed by atoms with E-state index in [-0.39, 0.29) is 6.10 Å². The molecule has 0 radical (unpaired) electrons. The summed E-state index contributed by atoms with van der Waals surface area (Å²) in [5.41, 5.74) is 0.798. The summed E-state index contributed by atoms with van der Waals surface area (Å²) in [7, 11) is 0. The summed E-state index contributed by atoms with van der Waals surface area (Å²) in [6.45, 7) is 6.93. The van der Waals surface area contributed by atoms with E-state index in [4.69, 9.17) is 4.74 Å². The zero-order valence-corrected chi connectivity index (χ0v) is 12.3. The molecule has 1 aromatic carbocycles. The van der Waals surface area contributed by atoms with E-state index in [1.807, 2.05) is 48.9 Å². The van der Waals surface area contributed by atoms with Gasteiger partial charge in [-0.1, -0.05) is 19.1 Å². The number of ether oxygens (including phenoxy) is 1. The van der Waals surface area contributed by atoms with Gasteiger partial charge in [0.1, 0.15) is 17.7 Å². The smallest absolute Gasteiger partial charge is 0.142 e. The molecule has 2 aromatic rings. The Kier molecular flexibility index (Phi) is 4.79. The molecule has 2 rings (SSSR count). The third-order valence-electron chi connectivity index (χ3n) is 3.00. The number of benzene rings is 1. The van der Waals surface area contributed by atoms with Crippen LogP contribution in [0.5, 0.6) is 5.75 Å². The lowest BCUT2D eigenvalue weighted by atomic mass is 10.1. The molecule has 4 nitrogen and oxygen atoms in total. The monoisotopic (exact) mass is 274 g/mol. The molecule has 1 heterocycles. The molecule has 1 atom stereocenters. The Labute approximate surface area is 120 Å². The first kappa shape index (κ1) is 14.6. The average Bonchev–Trinajstić information content (AvgIpc) is 2.86. The number of aliphatic hydroxyl groups excluding tert-OH is 1. The topological polar surface area (TPSA) is 47.3 Å². The maximum Gasteiger partial charge on any atom is 0.142 e. The van der Waals surface area contributed by atoms with Crippen molar-refractivity contribution in [1.82, 2.24) is 9.55 Å². The van der Waals surface area contributed by atoms with Gasteiger partial charge in [0.15, 0.2) is 0 Å². The fourth-order valence-electron chi connectivity index (χ4n) is 2.18. The normalized spacial score (nSPS) is 12.7. The van der Waals surface area contributed by atoms with Crippen LogP contribution in [-0.2, 0) is 6.54 Å². The molecule has 0 spiro atoms. The molecule has 20 heavy (non-hydrogen) atoms. The van der Waals surface area contributed by atoms with Gasteiger partial charge in [0.25, 0.3) is 0 Å². The van der Waals surface area contributed by atoms with Crippen molar-refractivity contribution in [2.45, 2.75) is 45.9 Å². The van der Waals surface area contributed by atoms with E-state index in [1.165, 1.54) is 0 Å². The number of aryl methyl sites for hydroxylation is 1. The van der Waals surface area contributed by atoms with Crippen molar-refractivity contribution >= 4 is 0 Å². The van der Waals surface area contributed by atoms with Gasteiger partial charge in [0.05, 0.1) is 6.10 Å². The Morgan fingerprint density at radius 2 is 2.15 bits per heavy atom. The second-order valence-corrected chi connectivity index (χ2v) is 5.12. The molecule has 0 fully saturated rings. The Hall–Kier alpha value is -1.81. The second kappa shape index (κ2) is 6.57. The molecule has 1 aromatic heterocycles. The fraction of sp³-hybridized carbons (Fsp3) is 0.438. The van der Waals surface area contributed by atoms with E-state index < -0.39 is 6.10 Å². The Balaban J connectivity index is 2.23. The van der Waals surface area contributed by atoms with Gasteiger partial charge in [-0.2, -0.15) is 0 Å². The molecular formula is C16H22N2O2. The van der Waals surface area contributed by atoms with Crippen molar-refractivity contribution in [1.29, 1.82) is 0 Å². The zero-order valence-electron chi connectivity index (χ0n) is 12.3. The van der Waals surface area contributed by atoms with E-state index in [0.29, 0.717) is 5.82 Å². The highest BCUT2D eigenvalue weighted by atomic mass is 16.5. The number of aliphatic hydroxyl groups is 1. The summed E-state index contributed by atoms with van der Waals surface area (Å²) in [5.74, 6) is 1.44. The number of rotatable bonds is 6. The van der Waals surface area contributed by atoms with Crippen LogP contribution in [0.1, 0.15) is 44.7 Å². The summed E-state index contributed by atoms with van der Waals surface area (Å²) in [5, 5.41) is 10.5. The van der Waals surface area contributed by atoms with Crippen LogP contribution >= 0.6 is 0 Å². The summed E-state index contributed by atoms with van der Waals surface area (Å²) >= 11 is 0. The zero-order chi connectivity index (χ0) is 14.5. The summed E-state index contributed by atoms with van der Waals surface area (Å²) < 4.78 is 7.65. The molecule has 4 heteroatoms. The van der Waals surface area contributed by atoms with Crippen LogP contribution < -0.4 is 4.74 Å². The molecule has 0 bridgehead atoms. The quantitative estimate of drug-likeness (QED) is 0.880. The van der Waals surface area contributed by atoms with Crippen molar-refractivity contribution in [3.05, 3.63) is 48.0 Å². The first-order valence-corrected chi connectivity index (χ1v) is 7.07. The predicted molar refractivity (Wildman–Crippen MR) is 78.8 cm³/mol. The molecule has 0 aliphatic heterocycles. The van der Waals surface area contributed by atoms with Gasteiger partial charge in [0, 0.05) is 18.9 Å². The van der Waals surface area contributed by atoms with Crippen molar-refractivity contribution in [3.8, 4) is 5.75 Å². The highest BCUT2D eigenvalue weighted by Crippen LogP contribution is 2.24. The van der Waals surface area contributed by atoms with Gasteiger partial charge >= 0.3 is 0 Å². The lowest BCUT2D eigenvalue weighted by Gasteiger charge is -2.15. The first-order chi connectivity index (χ1) is 9.61. The molecule has 0 aliphatic carbocycles. The maximum atomic E-state index is 10.5. The van der Waals surface area contributed by atoms with Crippen molar-refractivity contribution in [2.24, 2.45) is 0 Å². The lowest BCUT2D eigenvalue weighted by Crippen LogP contribution is -2.10. The van der Waals surface area contributed by atoms with Crippen LogP contribution in [0.25, 0.3) is 0 Å². The van der Waals surface area contributed by atoms with Crippen LogP contribution in [0.15, 0.2) is 36.7 Å². The van der Waals surface area contributed by atoms with E-state index in [9.17, 15) is 5.11 Å². The highest BCUT2D eigenvalue weighted by molar-refractivity contribution is 5.32. The minimum Gasteiger partial charge on any atom is -0.491 e. The molecule has 0 aliphatic rings. The maximum absolute atomic E-state index is 10.5. The standard InChI is InChI=1S/C16H22N2O2/c1-4-9-18-10-8-17-16(18)15(19)13-6-5-7-14(11-13)20-12(2)3/h5-8,10-12,15,19H,4,9H2,1-3H3. The predicted octanol–water partition coefficient (Wildman–Crippen LogP) is 3.16. The lowest BCUT2D eigenvalue weighted by molar-refractivity contribution is 0.202. The van der Waals surface area contributed by atoms with Crippen LogP contribution in [0, 0.1) is 0 Å². The molecule has 0 amide bonds. The van der Waals surface area contributed by atoms with E-state index in [0.717, 1.165) is 24.3 Å². The summed E-state index contributed by atoms with van der Waals surface area (Å²) in [6.07, 6.45) is 4.02. The highest BCUT2D eigenvalue weighted by Gasteiger charge is 2.16. The Morgan fingerprint density at radius 1 is 1.35 bits per heavy atom. The van der Waals surface area contributed by atoms with E-state index in [1.54, 1.807) is 6.20 Å². The number of hydrogen-bond donors (Lipinski definition) is 1. The number of aromatic nitrogens is 2. The molecule has 108 valence electrons. The summed E-state index contributed by atoms with van der Waals surface area (Å²) in [6, 6.07) is 7.55. The number of hydrogen-bond acceptors (Lipinski definition) is 3. The fourth-order valence-corrected chi connectivity index (χ4v) is 2.18. The second-order valence-electron chi connectivity index (χ2n) is 5.12. The van der Waals surface area contributed by atoms with Crippen LogP contribution in [0.2, 0.25) is 0 Å². The first-order valence-electron chi connectivity index (χ1n) is 7.07. The Morgan fingerprint density at radius 3 is 2.85 bits per heavy atom. The number of imidazole rings is 1. The number of nitrogens with zero attached hydrogens (tertiary/aromatic N) is 2. The molecule has 1 N–H and O–H groups in total. The van der Waals surface area contributed by atoms with Crippen LogP contribution in [-0.4, -0.2) is 20.8 Å². The molecule has 1 unspecified atom stereocenters. The molecule has 0 saturated carbocycles. The van der Waals surface area contributed by atoms with Crippen LogP contribution in [0.3, 0.4) is 0 Å². The Bertz CT molecular complexity index is 549. The largest absolute Gasteiger partial charge is 0.491 e. The van der Waals surface area contributed by atoms with E-state index >= 15 is 0 Å². The average molecular weight is 274 g/mol.